The number of Topliss-reactive ketones (excluding diaryl/α,β-unsaturated/α-hetero) is 1. The minimum absolute atomic E-state index is 0.00682. The molecule has 1 aromatic carbocycles. The van der Waals surface area contributed by atoms with E-state index in [2.05, 4.69) is 4.52 Å². The van der Waals surface area contributed by atoms with Crippen molar-refractivity contribution in [3.63, 3.8) is 0 Å². The molecule has 0 amide bonds. The maximum atomic E-state index is 11.7. The molecular formula is C13H19O6P. The van der Waals surface area contributed by atoms with Gasteiger partial charge < -0.3 is 9.63 Å². The number of aliphatic hydroxyl groups excluding tert-OH is 1. The molecule has 7 heteroatoms. The number of ketones is 1. The minimum atomic E-state index is -4.54. The molecule has 6 nitrogen and oxygen atoms in total. The molecule has 1 unspecified atom stereocenters. The van der Waals surface area contributed by atoms with Crippen LogP contribution in [-0.2, 0) is 15.8 Å². The second kappa shape index (κ2) is 7.55. The summed E-state index contributed by atoms with van der Waals surface area (Å²) < 4.78 is 15.1. The van der Waals surface area contributed by atoms with Crippen LogP contribution in [0.5, 0.6) is 5.75 Å². The van der Waals surface area contributed by atoms with Crippen molar-refractivity contribution < 1.29 is 28.8 Å². The lowest BCUT2D eigenvalue weighted by Crippen LogP contribution is -2.13. The first-order valence-electron chi connectivity index (χ1n) is 6.29. The lowest BCUT2D eigenvalue weighted by atomic mass is 9.95. The number of benzene rings is 1. The number of rotatable bonds is 8. The summed E-state index contributed by atoms with van der Waals surface area (Å²) in [5.41, 5.74) is 0.882. The molecule has 0 spiro atoms. The van der Waals surface area contributed by atoms with Gasteiger partial charge in [-0.3, -0.25) is 14.6 Å². The van der Waals surface area contributed by atoms with Crippen LogP contribution in [0.1, 0.15) is 25.3 Å². The third-order valence-electron chi connectivity index (χ3n) is 2.82. The lowest BCUT2D eigenvalue weighted by molar-refractivity contribution is -0.122. The molecule has 0 saturated heterocycles. The Morgan fingerprint density at radius 3 is 2.40 bits per heavy atom. The molecule has 3 N–H and O–H groups in total. The van der Waals surface area contributed by atoms with E-state index in [1.54, 1.807) is 12.1 Å². The summed E-state index contributed by atoms with van der Waals surface area (Å²) >= 11 is 0. The maximum Gasteiger partial charge on any atom is 0.524 e. The van der Waals surface area contributed by atoms with Crippen LogP contribution in [0.15, 0.2) is 24.3 Å². The van der Waals surface area contributed by atoms with Gasteiger partial charge >= 0.3 is 7.82 Å². The molecule has 112 valence electrons. The van der Waals surface area contributed by atoms with Crippen molar-refractivity contribution in [2.24, 2.45) is 5.92 Å². The average molecular weight is 302 g/mol. The molecule has 0 bridgehead atoms. The van der Waals surface area contributed by atoms with Crippen molar-refractivity contribution in [1.29, 1.82) is 0 Å². The number of carbonyl (C=O) groups excluding carboxylic acids is 1. The van der Waals surface area contributed by atoms with E-state index in [9.17, 15) is 9.36 Å². The second-order valence-electron chi connectivity index (χ2n) is 4.62. The standard InChI is InChI=1S/C13H19O6P/c1-10(13(15)3-2-8-14)9-11-4-6-12(7-5-11)19-20(16,17)18/h4-7,10,14H,2-3,8-9H2,1H3,(H2,16,17,18). The van der Waals surface area contributed by atoms with Crippen molar-refractivity contribution >= 4 is 13.6 Å². The van der Waals surface area contributed by atoms with Gasteiger partial charge in [0.2, 0.25) is 0 Å². The monoisotopic (exact) mass is 302 g/mol. The van der Waals surface area contributed by atoms with Crippen molar-refractivity contribution in [3.05, 3.63) is 29.8 Å². The lowest BCUT2D eigenvalue weighted by Gasteiger charge is -2.11. The van der Waals surface area contributed by atoms with Gasteiger partial charge in [0, 0.05) is 18.9 Å². The zero-order valence-electron chi connectivity index (χ0n) is 11.2. The van der Waals surface area contributed by atoms with Gasteiger partial charge in [-0.25, -0.2) is 4.57 Å². The Morgan fingerprint density at radius 1 is 1.30 bits per heavy atom. The van der Waals surface area contributed by atoms with Gasteiger partial charge in [-0.05, 0) is 30.5 Å². The summed E-state index contributed by atoms with van der Waals surface area (Å²) in [4.78, 5) is 29.1. The van der Waals surface area contributed by atoms with Crippen molar-refractivity contribution in [2.75, 3.05) is 6.61 Å². The van der Waals surface area contributed by atoms with Crippen LogP contribution in [0.2, 0.25) is 0 Å². The van der Waals surface area contributed by atoms with Crippen LogP contribution in [0.4, 0.5) is 0 Å². The first-order valence-corrected chi connectivity index (χ1v) is 7.82. The van der Waals surface area contributed by atoms with Crippen LogP contribution < -0.4 is 4.52 Å². The molecule has 0 fully saturated rings. The molecule has 0 heterocycles. The van der Waals surface area contributed by atoms with Gasteiger partial charge in [0.25, 0.3) is 0 Å². The number of aliphatic hydroxyl groups is 1. The van der Waals surface area contributed by atoms with Gasteiger partial charge in [-0.15, -0.1) is 0 Å². The van der Waals surface area contributed by atoms with E-state index in [1.165, 1.54) is 12.1 Å². The van der Waals surface area contributed by atoms with Crippen LogP contribution in [-0.4, -0.2) is 27.3 Å². The van der Waals surface area contributed by atoms with E-state index in [0.717, 1.165) is 5.56 Å². The van der Waals surface area contributed by atoms with E-state index in [-0.39, 0.29) is 24.1 Å². The second-order valence-corrected chi connectivity index (χ2v) is 5.79. The molecule has 0 saturated carbocycles. The summed E-state index contributed by atoms with van der Waals surface area (Å²) in [7, 11) is -4.54. The van der Waals surface area contributed by atoms with E-state index in [4.69, 9.17) is 14.9 Å². The minimum Gasteiger partial charge on any atom is -0.404 e. The van der Waals surface area contributed by atoms with Gasteiger partial charge in [0.05, 0.1) is 0 Å². The SMILES string of the molecule is CC(Cc1ccc(OP(=O)(O)O)cc1)C(=O)CCCO. The quantitative estimate of drug-likeness (QED) is 0.631. The van der Waals surface area contributed by atoms with Gasteiger partial charge in [-0.2, -0.15) is 0 Å². The molecule has 1 rings (SSSR count). The van der Waals surface area contributed by atoms with Gasteiger partial charge in [0.1, 0.15) is 11.5 Å². The molecule has 0 aliphatic rings. The molecule has 0 aromatic heterocycles. The Kier molecular flexibility index (Phi) is 6.36. The van der Waals surface area contributed by atoms with Crippen LogP contribution in [0.25, 0.3) is 0 Å². The van der Waals surface area contributed by atoms with Crippen molar-refractivity contribution in [3.8, 4) is 5.75 Å². The third kappa shape index (κ3) is 6.30. The smallest absolute Gasteiger partial charge is 0.404 e. The first-order chi connectivity index (χ1) is 9.31. The van der Waals surface area contributed by atoms with E-state index in [1.807, 2.05) is 6.92 Å². The number of carbonyl (C=O) groups is 1. The summed E-state index contributed by atoms with van der Waals surface area (Å²) in [6.07, 6.45) is 1.37. The highest BCUT2D eigenvalue weighted by atomic mass is 31.2. The fourth-order valence-corrected chi connectivity index (χ4v) is 2.19. The topological polar surface area (TPSA) is 104 Å². The average Bonchev–Trinajstić information content (AvgIpc) is 2.36. The van der Waals surface area contributed by atoms with Gasteiger partial charge in [0.15, 0.2) is 0 Å². The Hall–Kier alpha value is -1.20. The highest BCUT2D eigenvalue weighted by Gasteiger charge is 2.16. The number of hydrogen-bond acceptors (Lipinski definition) is 4. The Bertz CT molecular complexity index is 478. The molecule has 1 aromatic rings. The number of phosphoric ester groups is 1. The Labute approximate surface area is 117 Å². The normalized spacial score (nSPS) is 13.0. The Balaban J connectivity index is 2.57. The Morgan fingerprint density at radius 2 is 1.90 bits per heavy atom. The first kappa shape index (κ1) is 16.9. The number of phosphoric acid groups is 1. The fourth-order valence-electron chi connectivity index (χ4n) is 1.79. The molecule has 0 aliphatic carbocycles. The zero-order chi connectivity index (χ0) is 15.2. The van der Waals surface area contributed by atoms with Crippen LogP contribution in [0, 0.1) is 5.92 Å². The highest BCUT2D eigenvalue weighted by molar-refractivity contribution is 7.46. The third-order valence-corrected chi connectivity index (χ3v) is 3.27. The number of hydrogen-bond donors (Lipinski definition) is 3. The predicted molar refractivity (Wildman–Crippen MR) is 73.3 cm³/mol. The molecule has 1 atom stereocenters. The van der Waals surface area contributed by atoms with Crippen molar-refractivity contribution in [1.82, 2.24) is 0 Å². The molecular weight excluding hydrogens is 283 g/mol. The summed E-state index contributed by atoms with van der Waals surface area (Å²) in [5, 5.41) is 8.68. The van der Waals surface area contributed by atoms with Gasteiger partial charge in [-0.1, -0.05) is 19.1 Å². The maximum absolute atomic E-state index is 11.7. The molecule has 20 heavy (non-hydrogen) atoms. The van der Waals surface area contributed by atoms with Crippen LogP contribution >= 0.6 is 7.82 Å². The molecule has 0 aliphatic heterocycles. The van der Waals surface area contributed by atoms with E-state index < -0.39 is 7.82 Å². The highest BCUT2D eigenvalue weighted by Crippen LogP contribution is 2.37. The summed E-state index contributed by atoms with van der Waals surface area (Å²) in [6.45, 7) is 1.83. The van der Waals surface area contributed by atoms with Crippen LogP contribution in [0.3, 0.4) is 0 Å². The molecule has 0 radical (unpaired) electrons. The van der Waals surface area contributed by atoms with E-state index in [0.29, 0.717) is 19.3 Å². The predicted octanol–water partition coefficient (Wildman–Crippen LogP) is 1.68. The van der Waals surface area contributed by atoms with Crippen molar-refractivity contribution in [2.45, 2.75) is 26.2 Å². The zero-order valence-corrected chi connectivity index (χ0v) is 12.1. The van der Waals surface area contributed by atoms with E-state index >= 15 is 0 Å². The largest absolute Gasteiger partial charge is 0.524 e. The summed E-state index contributed by atoms with van der Waals surface area (Å²) in [5.74, 6) is 0.0195. The summed E-state index contributed by atoms with van der Waals surface area (Å²) in [6, 6.07) is 6.25. The fraction of sp³-hybridized carbons (Fsp3) is 0.462.